The highest BCUT2D eigenvalue weighted by atomic mass is 16.2. The van der Waals surface area contributed by atoms with Crippen molar-refractivity contribution in [1.29, 1.82) is 0 Å². The van der Waals surface area contributed by atoms with Crippen LogP contribution in [0.15, 0.2) is 36.7 Å². The first-order valence-electron chi connectivity index (χ1n) is 8.34. The summed E-state index contributed by atoms with van der Waals surface area (Å²) < 4.78 is 0. The summed E-state index contributed by atoms with van der Waals surface area (Å²) in [5, 5.41) is 3.34. The molecule has 2 aliphatic rings. The minimum Gasteiger partial charge on any atom is -0.367 e. The van der Waals surface area contributed by atoms with E-state index in [-0.39, 0.29) is 5.91 Å². The summed E-state index contributed by atoms with van der Waals surface area (Å²) in [6, 6.07) is 7.92. The molecule has 0 bridgehead atoms. The SMILES string of the molecule is O=C(c1cccc(NC2CC2)n1)N1CCN(c2ncccn2)CC1. The lowest BCUT2D eigenvalue weighted by Crippen LogP contribution is -2.49. The molecule has 0 atom stereocenters. The van der Waals surface area contributed by atoms with Crippen molar-refractivity contribution in [3.63, 3.8) is 0 Å². The number of hydrogen-bond acceptors (Lipinski definition) is 6. The van der Waals surface area contributed by atoms with E-state index in [1.807, 2.05) is 17.0 Å². The van der Waals surface area contributed by atoms with Gasteiger partial charge in [-0.15, -0.1) is 0 Å². The highest BCUT2D eigenvalue weighted by molar-refractivity contribution is 5.92. The molecule has 0 aromatic carbocycles. The van der Waals surface area contributed by atoms with Gasteiger partial charge in [0.15, 0.2) is 0 Å². The monoisotopic (exact) mass is 324 g/mol. The molecule has 7 heteroatoms. The standard InChI is InChI=1S/C17H20N6O/c24-16(14-3-1-4-15(21-14)20-13-5-6-13)22-9-11-23(12-10-22)17-18-7-2-8-19-17/h1-4,7-8,13H,5-6,9-12H2,(H,20,21). The molecule has 4 rings (SSSR count). The van der Waals surface area contributed by atoms with Crippen LogP contribution in [0.25, 0.3) is 0 Å². The fraction of sp³-hybridized carbons (Fsp3) is 0.412. The number of amides is 1. The average molecular weight is 324 g/mol. The number of aromatic nitrogens is 3. The quantitative estimate of drug-likeness (QED) is 0.916. The van der Waals surface area contributed by atoms with Gasteiger partial charge in [0, 0.05) is 44.6 Å². The molecule has 1 saturated heterocycles. The Morgan fingerprint density at radius 3 is 2.50 bits per heavy atom. The molecule has 1 aliphatic carbocycles. The molecule has 0 radical (unpaired) electrons. The van der Waals surface area contributed by atoms with Crippen LogP contribution >= 0.6 is 0 Å². The van der Waals surface area contributed by atoms with Gasteiger partial charge in [-0.3, -0.25) is 4.79 Å². The topological polar surface area (TPSA) is 74.2 Å². The number of piperazine rings is 1. The average Bonchev–Trinajstić information content (AvgIpc) is 3.46. The highest BCUT2D eigenvalue weighted by Gasteiger charge is 2.25. The molecule has 124 valence electrons. The van der Waals surface area contributed by atoms with Crippen LogP contribution in [0.4, 0.5) is 11.8 Å². The zero-order valence-corrected chi connectivity index (χ0v) is 13.4. The summed E-state index contributed by atoms with van der Waals surface area (Å²) in [4.78, 5) is 29.6. The largest absolute Gasteiger partial charge is 0.367 e. The molecular formula is C17H20N6O. The van der Waals surface area contributed by atoms with Crippen molar-refractivity contribution >= 4 is 17.7 Å². The van der Waals surface area contributed by atoms with E-state index in [1.165, 1.54) is 12.8 Å². The molecule has 2 aromatic heterocycles. The van der Waals surface area contributed by atoms with E-state index in [1.54, 1.807) is 24.5 Å². The van der Waals surface area contributed by atoms with Crippen molar-refractivity contribution < 1.29 is 4.79 Å². The Labute approximate surface area is 140 Å². The Balaban J connectivity index is 1.39. The Morgan fingerprint density at radius 1 is 1.04 bits per heavy atom. The van der Waals surface area contributed by atoms with Gasteiger partial charge in [-0.1, -0.05) is 6.07 Å². The fourth-order valence-corrected chi connectivity index (χ4v) is 2.80. The second-order valence-electron chi connectivity index (χ2n) is 6.15. The van der Waals surface area contributed by atoms with Gasteiger partial charge in [-0.25, -0.2) is 15.0 Å². The van der Waals surface area contributed by atoms with Crippen LogP contribution in [-0.2, 0) is 0 Å². The summed E-state index contributed by atoms with van der Waals surface area (Å²) in [7, 11) is 0. The lowest BCUT2D eigenvalue weighted by molar-refractivity contribution is 0.0740. The minimum atomic E-state index is -0.0110. The van der Waals surface area contributed by atoms with E-state index < -0.39 is 0 Å². The van der Waals surface area contributed by atoms with E-state index in [0.29, 0.717) is 24.8 Å². The van der Waals surface area contributed by atoms with Gasteiger partial charge in [-0.2, -0.15) is 0 Å². The summed E-state index contributed by atoms with van der Waals surface area (Å²) in [5.74, 6) is 1.50. The molecule has 1 N–H and O–H groups in total. The molecular weight excluding hydrogens is 304 g/mol. The minimum absolute atomic E-state index is 0.0110. The zero-order chi connectivity index (χ0) is 16.4. The van der Waals surface area contributed by atoms with Crippen LogP contribution in [0, 0.1) is 0 Å². The third kappa shape index (κ3) is 3.29. The van der Waals surface area contributed by atoms with E-state index in [9.17, 15) is 4.79 Å². The van der Waals surface area contributed by atoms with Gasteiger partial charge >= 0.3 is 0 Å². The molecule has 1 amide bonds. The zero-order valence-electron chi connectivity index (χ0n) is 13.4. The second kappa shape index (κ2) is 6.43. The molecule has 2 aromatic rings. The first kappa shape index (κ1) is 14.9. The molecule has 1 saturated carbocycles. The first-order chi connectivity index (χ1) is 11.8. The van der Waals surface area contributed by atoms with Crippen molar-refractivity contribution in [2.24, 2.45) is 0 Å². The van der Waals surface area contributed by atoms with Gasteiger partial charge in [0.2, 0.25) is 5.95 Å². The van der Waals surface area contributed by atoms with Crippen LogP contribution in [0.1, 0.15) is 23.3 Å². The van der Waals surface area contributed by atoms with Gasteiger partial charge in [0.05, 0.1) is 0 Å². The predicted molar refractivity (Wildman–Crippen MR) is 91.0 cm³/mol. The maximum atomic E-state index is 12.7. The van der Waals surface area contributed by atoms with Crippen molar-refractivity contribution in [3.05, 3.63) is 42.4 Å². The van der Waals surface area contributed by atoms with E-state index >= 15 is 0 Å². The second-order valence-corrected chi connectivity index (χ2v) is 6.15. The van der Waals surface area contributed by atoms with Crippen LogP contribution in [0.5, 0.6) is 0 Å². The number of nitrogens with one attached hydrogen (secondary N) is 1. The molecule has 0 unspecified atom stereocenters. The Bertz CT molecular complexity index is 710. The highest BCUT2D eigenvalue weighted by Crippen LogP contribution is 2.23. The lowest BCUT2D eigenvalue weighted by Gasteiger charge is -2.34. The van der Waals surface area contributed by atoms with Gasteiger partial charge < -0.3 is 15.1 Å². The van der Waals surface area contributed by atoms with E-state index in [4.69, 9.17) is 0 Å². The number of pyridine rings is 1. The third-order valence-corrected chi connectivity index (χ3v) is 4.30. The fourth-order valence-electron chi connectivity index (χ4n) is 2.80. The Morgan fingerprint density at radius 2 is 1.79 bits per heavy atom. The molecule has 0 spiro atoms. The van der Waals surface area contributed by atoms with Crippen LogP contribution < -0.4 is 10.2 Å². The molecule has 3 heterocycles. The molecule has 7 nitrogen and oxygen atoms in total. The van der Waals surface area contributed by atoms with Crippen LogP contribution in [0.2, 0.25) is 0 Å². The summed E-state index contributed by atoms with van der Waals surface area (Å²) in [6.07, 6.45) is 5.84. The Kier molecular flexibility index (Phi) is 3.98. The number of carbonyl (C=O) groups is 1. The van der Waals surface area contributed by atoms with Crippen molar-refractivity contribution in [2.75, 3.05) is 36.4 Å². The van der Waals surface area contributed by atoms with Crippen molar-refractivity contribution in [2.45, 2.75) is 18.9 Å². The van der Waals surface area contributed by atoms with Crippen molar-refractivity contribution in [3.8, 4) is 0 Å². The number of hydrogen-bond donors (Lipinski definition) is 1. The first-order valence-corrected chi connectivity index (χ1v) is 8.34. The molecule has 1 aliphatic heterocycles. The Hall–Kier alpha value is -2.70. The van der Waals surface area contributed by atoms with Crippen LogP contribution in [-0.4, -0.2) is 58.0 Å². The number of anilines is 2. The maximum Gasteiger partial charge on any atom is 0.272 e. The molecule has 2 fully saturated rings. The summed E-state index contributed by atoms with van der Waals surface area (Å²) >= 11 is 0. The maximum absolute atomic E-state index is 12.7. The predicted octanol–water partition coefficient (Wildman–Crippen LogP) is 1.41. The van der Waals surface area contributed by atoms with Gasteiger partial charge in [0.25, 0.3) is 5.91 Å². The number of nitrogens with zero attached hydrogens (tertiary/aromatic N) is 5. The lowest BCUT2D eigenvalue weighted by atomic mass is 10.2. The summed E-state index contributed by atoms with van der Waals surface area (Å²) in [6.45, 7) is 2.77. The normalized spacial score (nSPS) is 17.7. The summed E-state index contributed by atoms with van der Waals surface area (Å²) in [5.41, 5.74) is 0.505. The van der Waals surface area contributed by atoms with Gasteiger partial charge in [-0.05, 0) is 31.0 Å². The molecule has 24 heavy (non-hydrogen) atoms. The third-order valence-electron chi connectivity index (χ3n) is 4.30. The number of carbonyl (C=O) groups excluding carboxylic acids is 1. The van der Waals surface area contributed by atoms with Crippen molar-refractivity contribution in [1.82, 2.24) is 19.9 Å². The van der Waals surface area contributed by atoms with Gasteiger partial charge in [0.1, 0.15) is 11.5 Å². The smallest absolute Gasteiger partial charge is 0.272 e. The van der Waals surface area contributed by atoms with E-state index in [2.05, 4.69) is 25.2 Å². The van der Waals surface area contributed by atoms with Crippen LogP contribution in [0.3, 0.4) is 0 Å². The number of rotatable bonds is 4. The van der Waals surface area contributed by atoms with E-state index in [0.717, 1.165) is 24.9 Å².